The van der Waals surface area contributed by atoms with Crippen LogP contribution in [0.25, 0.3) is 0 Å². The molecule has 0 aliphatic carbocycles. The summed E-state index contributed by atoms with van der Waals surface area (Å²) >= 11 is 0. The third kappa shape index (κ3) is 7.64. The highest BCUT2D eigenvalue weighted by Crippen LogP contribution is 2.19. The number of alkyl halides is 5. The molecule has 0 bridgehead atoms. The van der Waals surface area contributed by atoms with Crippen molar-refractivity contribution < 1.29 is 36.3 Å². The maximum atomic E-state index is 12.3. The molecule has 6 nitrogen and oxygen atoms in total. The average Bonchev–Trinajstić information content (AvgIpc) is 2.65. The SMILES string of the molecule is O=C(CNc1ccccc1C(=O)NCC(F)(F)F)Nc1ccc(OC(F)F)cc1. The second-order valence-electron chi connectivity index (χ2n) is 5.65. The topological polar surface area (TPSA) is 79.5 Å². The van der Waals surface area contributed by atoms with Crippen molar-refractivity contribution >= 4 is 23.2 Å². The van der Waals surface area contributed by atoms with Gasteiger partial charge in [-0.15, -0.1) is 0 Å². The lowest BCUT2D eigenvalue weighted by molar-refractivity contribution is -0.123. The molecule has 29 heavy (non-hydrogen) atoms. The van der Waals surface area contributed by atoms with Crippen molar-refractivity contribution in [2.45, 2.75) is 12.8 Å². The first-order chi connectivity index (χ1) is 13.6. The van der Waals surface area contributed by atoms with Gasteiger partial charge in [0.05, 0.1) is 12.1 Å². The summed E-state index contributed by atoms with van der Waals surface area (Å²) in [6.07, 6.45) is -4.55. The van der Waals surface area contributed by atoms with E-state index in [1.165, 1.54) is 42.5 Å². The quantitative estimate of drug-likeness (QED) is 0.573. The van der Waals surface area contributed by atoms with Gasteiger partial charge in [-0.25, -0.2) is 0 Å². The molecule has 0 heterocycles. The first kappa shape index (κ1) is 21.9. The fourth-order valence-electron chi connectivity index (χ4n) is 2.21. The molecule has 2 rings (SSSR count). The van der Waals surface area contributed by atoms with E-state index in [1.54, 1.807) is 11.4 Å². The van der Waals surface area contributed by atoms with Crippen LogP contribution in [0.5, 0.6) is 5.75 Å². The molecule has 0 atom stereocenters. The normalized spacial score (nSPS) is 11.1. The summed E-state index contributed by atoms with van der Waals surface area (Å²) in [4.78, 5) is 24.0. The van der Waals surface area contributed by atoms with E-state index in [9.17, 15) is 31.5 Å². The molecule has 11 heteroatoms. The highest BCUT2D eigenvalue weighted by molar-refractivity contribution is 6.00. The molecule has 0 spiro atoms. The number of benzene rings is 2. The molecule has 0 saturated heterocycles. The second-order valence-corrected chi connectivity index (χ2v) is 5.65. The highest BCUT2D eigenvalue weighted by Gasteiger charge is 2.28. The summed E-state index contributed by atoms with van der Waals surface area (Å²) < 4.78 is 65.2. The maximum Gasteiger partial charge on any atom is 0.405 e. The molecular formula is C18H16F5N3O3. The zero-order valence-corrected chi connectivity index (χ0v) is 14.7. The Hall–Kier alpha value is -3.37. The van der Waals surface area contributed by atoms with Gasteiger partial charge in [0.25, 0.3) is 5.91 Å². The number of rotatable bonds is 8. The zero-order valence-electron chi connectivity index (χ0n) is 14.7. The van der Waals surface area contributed by atoms with E-state index in [0.29, 0.717) is 5.69 Å². The first-order valence-electron chi connectivity index (χ1n) is 8.16. The monoisotopic (exact) mass is 417 g/mol. The van der Waals surface area contributed by atoms with Gasteiger partial charge in [-0.2, -0.15) is 22.0 Å². The summed E-state index contributed by atoms with van der Waals surface area (Å²) in [6.45, 7) is -4.74. The number of para-hydroxylation sites is 1. The van der Waals surface area contributed by atoms with Gasteiger partial charge in [-0.3, -0.25) is 9.59 Å². The summed E-state index contributed by atoms with van der Waals surface area (Å²) in [5.41, 5.74) is 0.427. The smallest absolute Gasteiger partial charge is 0.405 e. The minimum Gasteiger partial charge on any atom is -0.435 e. The van der Waals surface area contributed by atoms with Crippen LogP contribution in [0.3, 0.4) is 0 Å². The summed E-state index contributed by atoms with van der Waals surface area (Å²) in [6, 6.07) is 11.0. The number of hydrogen-bond donors (Lipinski definition) is 3. The van der Waals surface area contributed by atoms with Gasteiger partial charge < -0.3 is 20.7 Å². The van der Waals surface area contributed by atoms with Gasteiger partial charge >= 0.3 is 12.8 Å². The maximum absolute atomic E-state index is 12.3. The standard InChI is InChI=1S/C18H16F5N3O3/c19-17(20)29-12-7-5-11(6-8-12)26-15(27)9-24-14-4-2-1-3-13(14)16(28)25-10-18(21,22)23/h1-8,17,24H,9-10H2,(H,25,28)(H,26,27). The Balaban J connectivity index is 1.92. The number of carbonyl (C=O) groups is 2. The van der Waals surface area contributed by atoms with Crippen LogP contribution in [-0.4, -0.2) is 37.7 Å². The lowest BCUT2D eigenvalue weighted by atomic mass is 10.1. The van der Waals surface area contributed by atoms with Crippen LogP contribution in [0.1, 0.15) is 10.4 Å². The van der Waals surface area contributed by atoms with E-state index in [-0.39, 0.29) is 23.5 Å². The van der Waals surface area contributed by atoms with Crippen LogP contribution in [0.4, 0.5) is 33.3 Å². The molecular weight excluding hydrogens is 401 g/mol. The third-order valence-corrected chi connectivity index (χ3v) is 3.42. The summed E-state index contributed by atoms with van der Waals surface area (Å²) in [7, 11) is 0. The van der Waals surface area contributed by atoms with Crippen molar-refractivity contribution in [3.63, 3.8) is 0 Å². The molecule has 2 aromatic carbocycles. The molecule has 2 aromatic rings. The Bertz CT molecular complexity index is 841. The fourth-order valence-corrected chi connectivity index (χ4v) is 2.21. The van der Waals surface area contributed by atoms with E-state index < -0.39 is 31.1 Å². The lowest BCUT2D eigenvalue weighted by Crippen LogP contribution is -2.34. The Morgan fingerprint density at radius 1 is 1.00 bits per heavy atom. The number of carbonyl (C=O) groups excluding carboxylic acids is 2. The van der Waals surface area contributed by atoms with Gasteiger partial charge in [0.15, 0.2) is 0 Å². The van der Waals surface area contributed by atoms with Crippen LogP contribution < -0.4 is 20.7 Å². The average molecular weight is 417 g/mol. The van der Waals surface area contributed by atoms with Gasteiger partial charge in [-0.1, -0.05) is 12.1 Å². The molecule has 0 aliphatic heterocycles. The largest absolute Gasteiger partial charge is 0.435 e. The van der Waals surface area contributed by atoms with Crippen LogP contribution in [0, 0.1) is 0 Å². The predicted molar refractivity (Wildman–Crippen MR) is 95.0 cm³/mol. The number of anilines is 2. The van der Waals surface area contributed by atoms with Crippen molar-refractivity contribution in [1.82, 2.24) is 5.32 Å². The number of halogens is 5. The predicted octanol–water partition coefficient (Wildman–Crippen LogP) is 3.63. The minimum atomic E-state index is -4.55. The van der Waals surface area contributed by atoms with Crippen LogP contribution in [-0.2, 0) is 4.79 Å². The van der Waals surface area contributed by atoms with Crippen LogP contribution in [0.15, 0.2) is 48.5 Å². The van der Waals surface area contributed by atoms with Crippen LogP contribution >= 0.6 is 0 Å². The zero-order chi connectivity index (χ0) is 21.4. The van der Waals surface area contributed by atoms with E-state index in [2.05, 4.69) is 15.4 Å². The number of amides is 2. The van der Waals surface area contributed by atoms with Crippen molar-refractivity contribution in [2.24, 2.45) is 0 Å². The van der Waals surface area contributed by atoms with Crippen molar-refractivity contribution in [3.05, 3.63) is 54.1 Å². The molecule has 0 radical (unpaired) electrons. The first-order valence-corrected chi connectivity index (χ1v) is 8.16. The molecule has 0 aromatic heterocycles. The Morgan fingerprint density at radius 2 is 1.66 bits per heavy atom. The third-order valence-electron chi connectivity index (χ3n) is 3.42. The minimum absolute atomic E-state index is 0.0574. The Morgan fingerprint density at radius 3 is 2.28 bits per heavy atom. The Kier molecular flexibility index (Phi) is 7.34. The molecule has 0 saturated carbocycles. The van der Waals surface area contributed by atoms with Gasteiger partial charge in [0.1, 0.15) is 12.3 Å². The number of nitrogens with one attached hydrogen (secondary N) is 3. The van der Waals surface area contributed by atoms with Gasteiger partial charge in [0.2, 0.25) is 5.91 Å². The van der Waals surface area contributed by atoms with Crippen molar-refractivity contribution in [1.29, 1.82) is 0 Å². The summed E-state index contributed by atoms with van der Waals surface area (Å²) in [5.74, 6) is -1.55. The van der Waals surface area contributed by atoms with E-state index in [4.69, 9.17) is 0 Å². The number of ether oxygens (including phenoxy) is 1. The molecule has 0 aliphatic rings. The molecule has 0 unspecified atom stereocenters. The molecule has 156 valence electrons. The molecule has 3 N–H and O–H groups in total. The van der Waals surface area contributed by atoms with E-state index in [1.807, 2.05) is 0 Å². The lowest BCUT2D eigenvalue weighted by Gasteiger charge is -2.13. The molecule has 0 fully saturated rings. The van der Waals surface area contributed by atoms with Gasteiger partial charge in [-0.05, 0) is 36.4 Å². The molecule has 2 amide bonds. The van der Waals surface area contributed by atoms with E-state index in [0.717, 1.165) is 0 Å². The highest BCUT2D eigenvalue weighted by atomic mass is 19.4. The van der Waals surface area contributed by atoms with Crippen LogP contribution in [0.2, 0.25) is 0 Å². The van der Waals surface area contributed by atoms with Gasteiger partial charge in [0, 0.05) is 11.4 Å². The Labute approximate surface area is 162 Å². The van der Waals surface area contributed by atoms with Crippen molar-refractivity contribution in [3.8, 4) is 5.75 Å². The van der Waals surface area contributed by atoms with Crippen molar-refractivity contribution in [2.75, 3.05) is 23.7 Å². The fraction of sp³-hybridized carbons (Fsp3) is 0.222. The summed E-state index contributed by atoms with van der Waals surface area (Å²) in [5, 5.41) is 6.92. The van der Waals surface area contributed by atoms with E-state index >= 15 is 0 Å². The second kappa shape index (κ2) is 9.71. The number of hydrogen-bond acceptors (Lipinski definition) is 4.